The molecular weight excluding hydrogens is 335 g/mol. The van der Waals surface area contributed by atoms with Crippen LogP contribution in [0.3, 0.4) is 0 Å². The van der Waals surface area contributed by atoms with E-state index in [2.05, 4.69) is 4.98 Å². The molecule has 0 aliphatic heterocycles. The van der Waals surface area contributed by atoms with Gasteiger partial charge in [-0.3, -0.25) is 4.57 Å². The smallest absolute Gasteiger partial charge is 0.356 e. The minimum Gasteiger partial charge on any atom is -0.476 e. The van der Waals surface area contributed by atoms with Gasteiger partial charge in [-0.2, -0.15) is 0 Å². The van der Waals surface area contributed by atoms with Crippen LogP contribution in [-0.4, -0.2) is 20.6 Å². The summed E-state index contributed by atoms with van der Waals surface area (Å²) in [6.07, 6.45) is 0. The Balaban J connectivity index is 2.31. The molecule has 1 heterocycles. The Bertz CT molecular complexity index is 886. The van der Waals surface area contributed by atoms with Crippen molar-refractivity contribution in [1.82, 2.24) is 9.55 Å². The second-order valence-electron chi connectivity index (χ2n) is 4.97. The van der Waals surface area contributed by atoms with E-state index >= 15 is 0 Å². The van der Waals surface area contributed by atoms with E-state index in [0.717, 1.165) is 5.69 Å². The van der Waals surface area contributed by atoms with Gasteiger partial charge < -0.3 is 5.11 Å². The first-order valence-corrected chi connectivity index (χ1v) is 7.58. The highest BCUT2D eigenvalue weighted by molar-refractivity contribution is 6.33. The summed E-state index contributed by atoms with van der Waals surface area (Å²) in [5, 5.41) is 10.5. The molecule has 116 valence electrons. The van der Waals surface area contributed by atoms with Gasteiger partial charge in [-0.25, -0.2) is 9.78 Å². The number of imidazole rings is 1. The Labute approximate surface area is 142 Å². The van der Waals surface area contributed by atoms with Gasteiger partial charge >= 0.3 is 5.97 Å². The van der Waals surface area contributed by atoms with Gasteiger partial charge in [0.2, 0.25) is 0 Å². The predicted molar refractivity (Wildman–Crippen MR) is 90.7 cm³/mol. The number of hydrogen-bond acceptors (Lipinski definition) is 2. The zero-order valence-corrected chi connectivity index (χ0v) is 13.6. The predicted octanol–water partition coefficient (Wildman–Crippen LogP) is 4.85. The lowest BCUT2D eigenvalue weighted by atomic mass is 10.2. The van der Waals surface area contributed by atoms with Crippen molar-refractivity contribution in [1.29, 1.82) is 0 Å². The highest BCUT2D eigenvalue weighted by atomic mass is 35.5. The van der Waals surface area contributed by atoms with E-state index in [1.807, 2.05) is 30.3 Å². The Morgan fingerprint density at radius 3 is 2.35 bits per heavy atom. The summed E-state index contributed by atoms with van der Waals surface area (Å²) in [5.41, 5.74) is 1.95. The van der Waals surface area contributed by atoms with Gasteiger partial charge in [0.05, 0.1) is 10.7 Å². The standard InChI is InChI=1S/C17H12Cl2N2O2/c1-10-15(17(22)23)20-16(13-4-2-3-5-14(13)19)21(10)12-8-6-11(18)7-9-12/h2-9H,1H3,(H,22,23). The number of halogens is 2. The summed E-state index contributed by atoms with van der Waals surface area (Å²) >= 11 is 12.2. The first-order chi connectivity index (χ1) is 11.0. The molecule has 0 saturated heterocycles. The molecule has 3 aromatic rings. The molecule has 0 amide bonds. The summed E-state index contributed by atoms with van der Waals surface area (Å²) in [6.45, 7) is 1.71. The van der Waals surface area contributed by atoms with Crippen LogP contribution in [0.4, 0.5) is 0 Å². The number of carboxylic acid groups (broad SMARTS) is 1. The molecule has 0 bridgehead atoms. The third-order valence-corrected chi connectivity index (χ3v) is 4.09. The molecule has 0 atom stereocenters. The van der Waals surface area contributed by atoms with Gasteiger partial charge in [-0.1, -0.05) is 35.3 Å². The zero-order chi connectivity index (χ0) is 16.6. The molecule has 0 unspecified atom stereocenters. The quantitative estimate of drug-likeness (QED) is 0.737. The Kier molecular flexibility index (Phi) is 4.11. The number of aromatic nitrogens is 2. The summed E-state index contributed by atoms with van der Waals surface area (Å²) in [7, 11) is 0. The van der Waals surface area contributed by atoms with Crippen molar-refractivity contribution in [3.05, 3.63) is 70.0 Å². The van der Waals surface area contributed by atoms with Crippen LogP contribution < -0.4 is 0 Å². The van der Waals surface area contributed by atoms with Gasteiger partial charge in [-0.05, 0) is 43.3 Å². The highest BCUT2D eigenvalue weighted by Crippen LogP contribution is 2.31. The topological polar surface area (TPSA) is 55.1 Å². The minimum absolute atomic E-state index is 0.00475. The number of carboxylic acids is 1. The number of benzene rings is 2. The molecule has 0 spiro atoms. The van der Waals surface area contributed by atoms with Crippen LogP contribution in [0.2, 0.25) is 10.0 Å². The third-order valence-electron chi connectivity index (χ3n) is 3.51. The van der Waals surface area contributed by atoms with Crippen LogP contribution in [-0.2, 0) is 0 Å². The van der Waals surface area contributed by atoms with Crippen LogP contribution in [0.25, 0.3) is 17.1 Å². The van der Waals surface area contributed by atoms with Crippen molar-refractivity contribution in [2.45, 2.75) is 6.92 Å². The lowest BCUT2D eigenvalue weighted by Crippen LogP contribution is -2.02. The maximum atomic E-state index is 11.5. The van der Waals surface area contributed by atoms with Crippen LogP contribution in [0, 0.1) is 6.92 Å². The fourth-order valence-electron chi connectivity index (χ4n) is 2.43. The lowest BCUT2D eigenvalue weighted by Gasteiger charge is -2.11. The first kappa shape index (κ1) is 15.6. The average molecular weight is 347 g/mol. The third kappa shape index (κ3) is 2.83. The minimum atomic E-state index is -1.08. The normalized spacial score (nSPS) is 10.7. The second kappa shape index (κ2) is 6.07. The molecule has 4 nitrogen and oxygen atoms in total. The number of carbonyl (C=O) groups is 1. The molecule has 23 heavy (non-hydrogen) atoms. The second-order valence-corrected chi connectivity index (χ2v) is 5.81. The molecule has 0 saturated carbocycles. The molecule has 3 rings (SSSR count). The van der Waals surface area contributed by atoms with Crippen molar-refractivity contribution < 1.29 is 9.90 Å². The van der Waals surface area contributed by atoms with Crippen molar-refractivity contribution in [3.8, 4) is 17.1 Å². The Morgan fingerprint density at radius 1 is 1.09 bits per heavy atom. The van der Waals surface area contributed by atoms with E-state index in [0.29, 0.717) is 27.1 Å². The summed E-state index contributed by atoms with van der Waals surface area (Å²) in [5.74, 6) is -0.601. The van der Waals surface area contributed by atoms with Crippen molar-refractivity contribution in [2.24, 2.45) is 0 Å². The average Bonchev–Trinajstić information content (AvgIpc) is 2.86. The molecular formula is C17H12Cl2N2O2. The number of rotatable bonds is 3. The monoisotopic (exact) mass is 346 g/mol. The molecule has 1 aromatic heterocycles. The van der Waals surface area contributed by atoms with Gasteiger partial charge in [0.25, 0.3) is 0 Å². The first-order valence-electron chi connectivity index (χ1n) is 6.82. The summed E-state index contributed by atoms with van der Waals surface area (Å²) in [6, 6.07) is 14.3. The molecule has 0 aliphatic carbocycles. The van der Waals surface area contributed by atoms with Crippen LogP contribution >= 0.6 is 23.2 Å². The maximum Gasteiger partial charge on any atom is 0.356 e. The SMILES string of the molecule is Cc1c(C(=O)O)nc(-c2ccccc2Cl)n1-c1ccc(Cl)cc1. The van der Waals surface area contributed by atoms with E-state index in [-0.39, 0.29) is 5.69 Å². The van der Waals surface area contributed by atoms with E-state index in [1.54, 1.807) is 29.7 Å². The largest absolute Gasteiger partial charge is 0.476 e. The van der Waals surface area contributed by atoms with Crippen molar-refractivity contribution >= 4 is 29.2 Å². The van der Waals surface area contributed by atoms with Crippen LogP contribution in [0.15, 0.2) is 48.5 Å². The zero-order valence-electron chi connectivity index (χ0n) is 12.1. The van der Waals surface area contributed by atoms with Gasteiger partial charge in [0, 0.05) is 16.3 Å². The summed E-state index contributed by atoms with van der Waals surface area (Å²) in [4.78, 5) is 15.7. The molecule has 6 heteroatoms. The van der Waals surface area contributed by atoms with Gasteiger partial charge in [-0.15, -0.1) is 0 Å². The lowest BCUT2D eigenvalue weighted by molar-refractivity contribution is 0.0690. The number of aromatic carboxylic acids is 1. The number of nitrogens with zero attached hydrogens (tertiary/aromatic N) is 2. The molecule has 0 radical (unpaired) electrons. The molecule has 2 aromatic carbocycles. The summed E-state index contributed by atoms with van der Waals surface area (Å²) < 4.78 is 1.76. The molecule has 1 N–H and O–H groups in total. The van der Waals surface area contributed by atoms with E-state index in [4.69, 9.17) is 23.2 Å². The van der Waals surface area contributed by atoms with Crippen molar-refractivity contribution in [3.63, 3.8) is 0 Å². The highest BCUT2D eigenvalue weighted by Gasteiger charge is 2.22. The maximum absolute atomic E-state index is 11.5. The molecule has 0 fully saturated rings. The van der Waals surface area contributed by atoms with Crippen molar-refractivity contribution in [2.75, 3.05) is 0 Å². The van der Waals surface area contributed by atoms with Crippen LogP contribution in [0.5, 0.6) is 0 Å². The van der Waals surface area contributed by atoms with E-state index in [1.165, 1.54) is 0 Å². The van der Waals surface area contributed by atoms with Gasteiger partial charge in [0.15, 0.2) is 5.69 Å². The van der Waals surface area contributed by atoms with E-state index in [9.17, 15) is 9.90 Å². The number of hydrogen-bond donors (Lipinski definition) is 1. The Morgan fingerprint density at radius 2 is 1.74 bits per heavy atom. The fourth-order valence-corrected chi connectivity index (χ4v) is 2.78. The fraction of sp³-hybridized carbons (Fsp3) is 0.0588. The Hall–Kier alpha value is -2.30. The van der Waals surface area contributed by atoms with Crippen LogP contribution in [0.1, 0.15) is 16.2 Å². The van der Waals surface area contributed by atoms with Gasteiger partial charge in [0.1, 0.15) is 5.82 Å². The van der Waals surface area contributed by atoms with E-state index < -0.39 is 5.97 Å². The molecule has 0 aliphatic rings.